The van der Waals surface area contributed by atoms with Crippen molar-refractivity contribution in [3.8, 4) is 0 Å². The Kier molecular flexibility index (Phi) is 4.12. The Hall–Kier alpha value is -1.60. The van der Waals surface area contributed by atoms with Gasteiger partial charge in [-0.2, -0.15) is 0 Å². The van der Waals surface area contributed by atoms with E-state index in [1.165, 1.54) is 0 Å². The quantitative estimate of drug-likeness (QED) is 0.905. The fraction of sp³-hybridized carbons (Fsp3) is 0.357. The van der Waals surface area contributed by atoms with E-state index in [0.29, 0.717) is 12.2 Å². The molecule has 1 aromatic carbocycles. The van der Waals surface area contributed by atoms with Crippen molar-refractivity contribution in [3.63, 3.8) is 0 Å². The number of para-hydroxylation sites is 1. The molecule has 2 N–H and O–H groups in total. The van der Waals surface area contributed by atoms with Gasteiger partial charge in [-0.05, 0) is 19.1 Å². The highest BCUT2D eigenvalue weighted by atomic mass is 32.2. The van der Waals surface area contributed by atoms with E-state index < -0.39 is 6.04 Å². The summed E-state index contributed by atoms with van der Waals surface area (Å²) in [4.78, 5) is 27.7. The van der Waals surface area contributed by atoms with Crippen molar-refractivity contribution >= 4 is 44.5 Å². The molecule has 2 aromatic rings. The number of benzene rings is 1. The molecule has 1 aliphatic heterocycles. The predicted molar refractivity (Wildman–Crippen MR) is 85.7 cm³/mol. The third-order valence-corrected chi connectivity index (χ3v) is 5.14. The molecule has 7 heteroatoms. The topological polar surface area (TPSA) is 71.1 Å². The summed E-state index contributed by atoms with van der Waals surface area (Å²) in [6.07, 6.45) is 0.693. The highest BCUT2D eigenvalue weighted by molar-refractivity contribution is 8.14. The molecular formula is C14H15N3O2S2. The van der Waals surface area contributed by atoms with Crippen LogP contribution in [0, 0.1) is 0 Å². The molecular weight excluding hydrogens is 306 g/mol. The summed E-state index contributed by atoms with van der Waals surface area (Å²) in [5.74, 6) is 0.375. The van der Waals surface area contributed by atoms with Crippen LogP contribution in [0.2, 0.25) is 0 Å². The minimum atomic E-state index is -0.416. The van der Waals surface area contributed by atoms with E-state index in [-0.39, 0.29) is 17.2 Å². The predicted octanol–water partition coefficient (Wildman–Crippen LogP) is 2.17. The summed E-state index contributed by atoms with van der Waals surface area (Å²) in [7, 11) is 0. The number of nitrogens with one attached hydrogen (secondary N) is 2. The highest BCUT2D eigenvalue weighted by Crippen LogP contribution is 2.22. The third kappa shape index (κ3) is 3.36. The number of amides is 2. The van der Waals surface area contributed by atoms with Crippen molar-refractivity contribution in [1.82, 2.24) is 15.6 Å². The van der Waals surface area contributed by atoms with Gasteiger partial charge in [0.2, 0.25) is 5.91 Å². The Morgan fingerprint density at radius 3 is 3.05 bits per heavy atom. The number of hydrogen-bond acceptors (Lipinski definition) is 5. The van der Waals surface area contributed by atoms with E-state index in [2.05, 4.69) is 15.6 Å². The Morgan fingerprint density at radius 1 is 1.52 bits per heavy atom. The first-order valence-corrected chi connectivity index (χ1v) is 8.50. The smallest absolute Gasteiger partial charge is 0.279 e. The van der Waals surface area contributed by atoms with Crippen LogP contribution in [-0.2, 0) is 11.2 Å². The van der Waals surface area contributed by atoms with Crippen LogP contribution in [0.4, 0.5) is 4.79 Å². The fourth-order valence-electron chi connectivity index (χ4n) is 2.19. The molecule has 21 heavy (non-hydrogen) atoms. The zero-order valence-electron chi connectivity index (χ0n) is 11.5. The van der Waals surface area contributed by atoms with Gasteiger partial charge in [0.15, 0.2) is 0 Å². The lowest BCUT2D eigenvalue weighted by atomic mass is 10.2. The molecule has 0 bridgehead atoms. The Labute approximate surface area is 130 Å². The molecule has 110 valence electrons. The van der Waals surface area contributed by atoms with Crippen LogP contribution in [0.1, 0.15) is 11.9 Å². The van der Waals surface area contributed by atoms with Crippen molar-refractivity contribution in [1.29, 1.82) is 0 Å². The van der Waals surface area contributed by atoms with Gasteiger partial charge in [-0.15, -0.1) is 11.3 Å². The molecule has 0 unspecified atom stereocenters. The number of nitrogens with zero attached hydrogens (tertiary/aromatic N) is 1. The zero-order chi connectivity index (χ0) is 14.8. The summed E-state index contributed by atoms with van der Waals surface area (Å²) in [6, 6.07) is 7.57. The minimum absolute atomic E-state index is 0.0134. The summed E-state index contributed by atoms with van der Waals surface area (Å²) in [6.45, 7) is 1.95. The van der Waals surface area contributed by atoms with E-state index in [1.807, 2.05) is 31.2 Å². The fourth-order valence-corrected chi connectivity index (χ4v) is 4.06. The van der Waals surface area contributed by atoms with E-state index in [4.69, 9.17) is 0 Å². The normalized spacial score (nSPS) is 19.5. The van der Waals surface area contributed by atoms with Gasteiger partial charge in [-0.25, -0.2) is 4.98 Å². The third-order valence-electron chi connectivity index (χ3n) is 3.20. The average molecular weight is 321 g/mol. The first-order valence-electron chi connectivity index (χ1n) is 6.70. The Balaban J connectivity index is 1.59. The molecule has 1 fully saturated rings. The lowest BCUT2D eigenvalue weighted by Crippen LogP contribution is -2.46. The van der Waals surface area contributed by atoms with Crippen molar-refractivity contribution in [2.75, 3.05) is 5.75 Å². The van der Waals surface area contributed by atoms with Gasteiger partial charge in [0.25, 0.3) is 5.24 Å². The molecule has 0 aliphatic carbocycles. The van der Waals surface area contributed by atoms with E-state index in [1.54, 1.807) is 11.3 Å². The van der Waals surface area contributed by atoms with E-state index >= 15 is 0 Å². The van der Waals surface area contributed by atoms with Crippen molar-refractivity contribution in [2.24, 2.45) is 0 Å². The van der Waals surface area contributed by atoms with Gasteiger partial charge < -0.3 is 10.6 Å². The standard InChI is InChI=1S/C14H15N3O2S2/c1-8(15-13(18)10-7-20-14(19)17-10)6-12-16-9-4-2-3-5-11(9)21-12/h2-5,8,10H,6-7H2,1H3,(H,15,18)(H,17,19)/t8-,10+/m1/s1. The lowest BCUT2D eigenvalue weighted by Gasteiger charge is -2.15. The van der Waals surface area contributed by atoms with Gasteiger partial charge in [-0.1, -0.05) is 23.9 Å². The van der Waals surface area contributed by atoms with Crippen LogP contribution in [-0.4, -0.2) is 34.0 Å². The first-order chi connectivity index (χ1) is 10.1. The second kappa shape index (κ2) is 6.03. The molecule has 1 saturated heterocycles. The van der Waals surface area contributed by atoms with Crippen LogP contribution < -0.4 is 10.6 Å². The van der Waals surface area contributed by atoms with Crippen molar-refractivity contribution < 1.29 is 9.59 Å². The molecule has 1 aromatic heterocycles. The summed E-state index contributed by atoms with van der Waals surface area (Å²) in [5.41, 5.74) is 0.996. The highest BCUT2D eigenvalue weighted by Gasteiger charge is 2.28. The average Bonchev–Trinajstić information content (AvgIpc) is 3.03. The van der Waals surface area contributed by atoms with Crippen molar-refractivity contribution in [3.05, 3.63) is 29.3 Å². The Morgan fingerprint density at radius 2 is 2.33 bits per heavy atom. The molecule has 2 heterocycles. The summed E-state index contributed by atoms with van der Waals surface area (Å²) >= 11 is 2.80. The molecule has 2 amide bonds. The second-order valence-electron chi connectivity index (χ2n) is 4.98. The monoisotopic (exact) mass is 321 g/mol. The van der Waals surface area contributed by atoms with Gasteiger partial charge >= 0.3 is 0 Å². The van der Waals surface area contributed by atoms with Gasteiger partial charge in [-0.3, -0.25) is 9.59 Å². The maximum absolute atomic E-state index is 12.0. The largest absolute Gasteiger partial charge is 0.351 e. The number of thiazole rings is 1. The second-order valence-corrected chi connectivity index (χ2v) is 7.09. The number of hydrogen-bond donors (Lipinski definition) is 2. The van der Waals surface area contributed by atoms with Crippen LogP contribution in [0.3, 0.4) is 0 Å². The minimum Gasteiger partial charge on any atom is -0.351 e. The number of fused-ring (bicyclic) bond motifs is 1. The molecule has 5 nitrogen and oxygen atoms in total. The van der Waals surface area contributed by atoms with Crippen LogP contribution >= 0.6 is 23.1 Å². The SMILES string of the molecule is C[C@H](Cc1nc2ccccc2s1)NC(=O)[C@@H]1CSC(=O)N1. The van der Waals surface area contributed by atoms with Gasteiger partial charge in [0, 0.05) is 18.2 Å². The molecule has 1 aliphatic rings. The van der Waals surface area contributed by atoms with Crippen LogP contribution in [0.5, 0.6) is 0 Å². The van der Waals surface area contributed by atoms with E-state index in [9.17, 15) is 9.59 Å². The lowest BCUT2D eigenvalue weighted by molar-refractivity contribution is -0.122. The van der Waals surface area contributed by atoms with Gasteiger partial charge in [0.05, 0.1) is 15.2 Å². The van der Waals surface area contributed by atoms with Crippen LogP contribution in [0.25, 0.3) is 10.2 Å². The van der Waals surface area contributed by atoms with Crippen LogP contribution in [0.15, 0.2) is 24.3 Å². The number of thioether (sulfide) groups is 1. The molecule has 0 saturated carbocycles. The number of rotatable bonds is 4. The number of aromatic nitrogens is 1. The summed E-state index contributed by atoms with van der Waals surface area (Å²) in [5, 5.41) is 6.46. The summed E-state index contributed by atoms with van der Waals surface area (Å²) < 4.78 is 1.16. The van der Waals surface area contributed by atoms with Gasteiger partial charge in [0.1, 0.15) is 6.04 Å². The number of carbonyl (C=O) groups is 2. The molecule has 0 spiro atoms. The maximum Gasteiger partial charge on any atom is 0.279 e. The molecule has 3 rings (SSSR count). The maximum atomic E-state index is 12.0. The molecule has 0 radical (unpaired) electrons. The zero-order valence-corrected chi connectivity index (χ0v) is 13.1. The first kappa shape index (κ1) is 14.3. The number of carbonyl (C=O) groups excluding carboxylic acids is 2. The van der Waals surface area contributed by atoms with Crippen molar-refractivity contribution in [2.45, 2.75) is 25.4 Å². The van der Waals surface area contributed by atoms with E-state index in [0.717, 1.165) is 27.0 Å². The molecule has 2 atom stereocenters. The Bertz CT molecular complexity index is 653.